The zero-order valence-corrected chi connectivity index (χ0v) is 12.8. The molecule has 3 N–H and O–H groups in total. The Kier molecular flexibility index (Phi) is 4.47. The first-order valence-corrected chi connectivity index (χ1v) is 7.58. The predicted octanol–water partition coefficient (Wildman–Crippen LogP) is 2.31. The molecule has 2 heterocycles. The van der Waals surface area contributed by atoms with Gasteiger partial charge in [-0.3, -0.25) is 10.7 Å². The Morgan fingerprint density at radius 1 is 1.48 bits per heavy atom. The first kappa shape index (κ1) is 14.8. The molecule has 0 saturated carbocycles. The highest BCUT2D eigenvalue weighted by Gasteiger charge is 2.30. The number of nitrogens with zero attached hydrogens (tertiary/aromatic N) is 1. The number of fused-ring (bicyclic) bond motifs is 1. The molecule has 0 bridgehead atoms. The molecule has 2 atom stereocenters. The Bertz CT molecular complexity index is 616. The number of halogens is 1. The van der Waals surface area contributed by atoms with Crippen LogP contribution in [0.2, 0.25) is 5.02 Å². The molecular formula is C15H20ClN3O2. The summed E-state index contributed by atoms with van der Waals surface area (Å²) in [7, 11) is 0. The second-order valence-corrected chi connectivity index (χ2v) is 5.71. The number of benzene rings is 1. The van der Waals surface area contributed by atoms with Gasteiger partial charge in [-0.2, -0.15) is 0 Å². The first-order chi connectivity index (χ1) is 10.2. The van der Waals surface area contributed by atoms with Gasteiger partial charge >= 0.3 is 0 Å². The van der Waals surface area contributed by atoms with Crippen molar-refractivity contribution in [2.45, 2.75) is 19.1 Å². The van der Waals surface area contributed by atoms with Crippen LogP contribution in [0.5, 0.6) is 0 Å². The normalized spacial score (nSPS) is 21.8. The van der Waals surface area contributed by atoms with Crippen molar-refractivity contribution >= 4 is 22.6 Å². The summed E-state index contributed by atoms with van der Waals surface area (Å²) < 4.78 is 11.8. The average molecular weight is 310 g/mol. The molecule has 1 aromatic heterocycles. The molecule has 0 spiro atoms. The number of nitrogens with two attached hydrogens (primary N) is 1. The zero-order valence-electron chi connectivity index (χ0n) is 12.0. The number of morpholine rings is 1. The minimum Gasteiger partial charge on any atom is -0.459 e. The Morgan fingerprint density at radius 3 is 3.10 bits per heavy atom. The van der Waals surface area contributed by atoms with E-state index in [0.717, 1.165) is 36.4 Å². The van der Waals surface area contributed by atoms with Crippen molar-refractivity contribution in [3.8, 4) is 0 Å². The maximum atomic E-state index is 6.01. The lowest BCUT2D eigenvalue weighted by Gasteiger charge is -2.35. The third kappa shape index (κ3) is 3.07. The van der Waals surface area contributed by atoms with E-state index in [1.807, 2.05) is 24.3 Å². The highest BCUT2D eigenvalue weighted by molar-refractivity contribution is 6.31. The number of rotatable bonds is 4. The molecule has 0 amide bonds. The first-order valence-electron chi connectivity index (χ1n) is 7.20. The quantitative estimate of drug-likeness (QED) is 0.670. The molecule has 0 aliphatic carbocycles. The molecule has 1 aliphatic rings. The number of likely N-dealkylation sites (N-methyl/N-ethyl adjacent to an activating group) is 1. The Labute approximate surface area is 128 Å². The van der Waals surface area contributed by atoms with Crippen LogP contribution in [0.1, 0.15) is 18.7 Å². The monoisotopic (exact) mass is 309 g/mol. The van der Waals surface area contributed by atoms with Gasteiger partial charge < -0.3 is 9.15 Å². The van der Waals surface area contributed by atoms with Crippen molar-refractivity contribution in [1.82, 2.24) is 10.3 Å². The standard InChI is InChI=1S/C15H20ClN3O2/c1-2-19-5-6-20-14(9-19)15(18-17)13-8-10-7-11(16)3-4-12(10)21-13/h3-4,7-8,14-15,18H,2,5-6,9,17H2,1H3. The van der Waals surface area contributed by atoms with E-state index in [2.05, 4.69) is 17.2 Å². The van der Waals surface area contributed by atoms with Crippen molar-refractivity contribution in [1.29, 1.82) is 0 Å². The van der Waals surface area contributed by atoms with E-state index in [1.165, 1.54) is 0 Å². The number of furan rings is 1. The zero-order chi connectivity index (χ0) is 14.8. The van der Waals surface area contributed by atoms with Crippen LogP contribution in [0.25, 0.3) is 11.0 Å². The number of nitrogens with one attached hydrogen (secondary N) is 1. The predicted molar refractivity (Wildman–Crippen MR) is 83.1 cm³/mol. The molecule has 6 heteroatoms. The Morgan fingerprint density at radius 2 is 2.33 bits per heavy atom. The number of hydrazine groups is 1. The van der Waals surface area contributed by atoms with E-state index in [-0.39, 0.29) is 12.1 Å². The van der Waals surface area contributed by atoms with Gasteiger partial charge in [-0.15, -0.1) is 0 Å². The smallest absolute Gasteiger partial charge is 0.134 e. The van der Waals surface area contributed by atoms with Crippen molar-refractivity contribution < 1.29 is 9.15 Å². The molecule has 1 saturated heterocycles. The molecule has 0 radical (unpaired) electrons. The van der Waals surface area contributed by atoms with E-state index in [4.69, 9.17) is 26.6 Å². The van der Waals surface area contributed by atoms with Crippen LogP contribution >= 0.6 is 11.6 Å². The number of hydrogen-bond acceptors (Lipinski definition) is 5. The molecule has 2 unspecified atom stereocenters. The summed E-state index contributed by atoms with van der Waals surface area (Å²) in [6.45, 7) is 5.66. The second kappa shape index (κ2) is 6.34. The van der Waals surface area contributed by atoms with Gasteiger partial charge in [0.25, 0.3) is 0 Å². The van der Waals surface area contributed by atoms with Gasteiger partial charge in [0, 0.05) is 23.5 Å². The van der Waals surface area contributed by atoms with Crippen LogP contribution in [-0.2, 0) is 4.74 Å². The number of hydrogen-bond donors (Lipinski definition) is 2. The van der Waals surface area contributed by atoms with Gasteiger partial charge in [0.1, 0.15) is 17.4 Å². The van der Waals surface area contributed by atoms with E-state index in [1.54, 1.807) is 0 Å². The summed E-state index contributed by atoms with van der Waals surface area (Å²) in [6.07, 6.45) is -0.0280. The van der Waals surface area contributed by atoms with Crippen LogP contribution in [0, 0.1) is 0 Å². The fourth-order valence-electron chi connectivity index (χ4n) is 2.78. The fourth-order valence-corrected chi connectivity index (χ4v) is 2.96. The van der Waals surface area contributed by atoms with Gasteiger partial charge in [-0.25, -0.2) is 5.43 Å². The lowest BCUT2D eigenvalue weighted by atomic mass is 10.1. The van der Waals surface area contributed by atoms with Crippen LogP contribution in [0.15, 0.2) is 28.7 Å². The van der Waals surface area contributed by atoms with Gasteiger partial charge in [0.15, 0.2) is 0 Å². The second-order valence-electron chi connectivity index (χ2n) is 5.28. The summed E-state index contributed by atoms with van der Waals surface area (Å²) in [5, 5.41) is 1.67. The molecule has 21 heavy (non-hydrogen) atoms. The molecule has 1 fully saturated rings. The topological polar surface area (TPSA) is 63.7 Å². The van der Waals surface area contributed by atoms with Crippen molar-refractivity contribution in [2.75, 3.05) is 26.2 Å². The van der Waals surface area contributed by atoms with Crippen molar-refractivity contribution in [2.24, 2.45) is 5.84 Å². The van der Waals surface area contributed by atoms with Gasteiger partial charge in [0.05, 0.1) is 12.7 Å². The summed E-state index contributed by atoms with van der Waals surface area (Å²) in [6, 6.07) is 7.37. The summed E-state index contributed by atoms with van der Waals surface area (Å²) in [5.74, 6) is 6.52. The lowest BCUT2D eigenvalue weighted by molar-refractivity contribution is -0.0487. The van der Waals surface area contributed by atoms with Gasteiger partial charge in [-0.05, 0) is 30.8 Å². The largest absolute Gasteiger partial charge is 0.459 e. The molecule has 2 aromatic rings. The van der Waals surface area contributed by atoms with Crippen LogP contribution in [0.3, 0.4) is 0 Å². The number of ether oxygens (including phenoxy) is 1. The van der Waals surface area contributed by atoms with Gasteiger partial charge in [0.2, 0.25) is 0 Å². The molecule has 1 aliphatic heterocycles. The third-order valence-electron chi connectivity index (χ3n) is 3.98. The Balaban J connectivity index is 1.87. The summed E-state index contributed by atoms with van der Waals surface area (Å²) >= 11 is 6.01. The molecule has 1 aromatic carbocycles. The summed E-state index contributed by atoms with van der Waals surface area (Å²) in [4.78, 5) is 2.35. The van der Waals surface area contributed by atoms with Crippen LogP contribution < -0.4 is 11.3 Å². The SMILES string of the molecule is CCN1CCOC(C(NN)c2cc3cc(Cl)ccc3o2)C1. The molecule has 3 rings (SSSR count). The average Bonchev–Trinajstić information content (AvgIpc) is 2.91. The van der Waals surface area contributed by atoms with Gasteiger partial charge in [-0.1, -0.05) is 18.5 Å². The van der Waals surface area contributed by atoms with E-state index in [0.29, 0.717) is 11.6 Å². The minimum absolute atomic E-state index is 0.0280. The molecular weight excluding hydrogens is 290 g/mol. The molecule has 114 valence electrons. The minimum atomic E-state index is -0.175. The Hall–Kier alpha value is -1.11. The maximum Gasteiger partial charge on any atom is 0.134 e. The van der Waals surface area contributed by atoms with Crippen molar-refractivity contribution in [3.63, 3.8) is 0 Å². The highest BCUT2D eigenvalue weighted by Crippen LogP contribution is 2.29. The van der Waals surface area contributed by atoms with Crippen LogP contribution in [-0.4, -0.2) is 37.2 Å². The summed E-state index contributed by atoms with van der Waals surface area (Å²) in [5.41, 5.74) is 3.63. The third-order valence-corrected chi connectivity index (χ3v) is 4.22. The van der Waals surface area contributed by atoms with E-state index in [9.17, 15) is 0 Å². The van der Waals surface area contributed by atoms with E-state index >= 15 is 0 Å². The lowest BCUT2D eigenvalue weighted by Crippen LogP contribution is -2.49. The fraction of sp³-hybridized carbons (Fsp3) is 0.467. The van der Waals surface area contributed by atoms with Crippen molar-refractivity contribution in [3.05, 3.63) is 35.0 Å². The maximum absolute atomic E-state index is 6.01. The highest BCUT2D eigenvalue weighted by atomic mass is 35.5. The van der Waals surface area contributed by atoms with E-state index < -0.39 is 0 Å². The van der Waals surface area contributed by atoms with Crippen LogP contribution in [0.4, 0.5) is 0 Å². The molecule has 5 nitrogen and oxygen atoms in total.